The third-order valence-electron chi connectivity index (χ3n) is 4.91. The van der Waals surface area contributed by atoms with Crippen molar-refractivity contribution in [2.24, 2.45) is 0 Å². The van der Waals surface area contributed by atoms with Gasteiger partial charge >= 0.3 is 5.90 Å². The second kappa shape index (κ2) is 7.63. The van der Waals surface area contributed by atoms with E-state index in [1.54, 1.807) is 0 Å². The van der Waals surface area contributed by atoms with Crippen LogP contribution in [-0.2, 0) is 0 Å². The van der Waals surface area contributed by atoms with E-state index in [2.05, 4.69) is 35.8 Å². The van der Waals surface area contributed by atoms with E-state index in [9.17, 15) is 5.11 Å². The minimum absolute atomic E-state index is 0.430. The van der Waals surface area contributed by atoms with E-state index in [1.807, 2.05) is 12.1 Å². The molecule has 0 saturated carbocycles. The van der Waals surface area contributed by atoms with Gasteiger partial charge in [0.2, 0.25) is 5.69 Å². The summed E-state index contributed by atoms with van der Waals surface area (Å²) in [5, 5.41) is 13.0. The first-order valence-electron chi connectivity index (χ1n) is 9.18. The van der Waals surface area contributed by atoms with Crippen LogP contribution in [0.1, 0.15) is 63.9 Å². The highest BCUT2D eigenvalue weighted by molar-refractivity contribution is 6.11. The van der Waals surface area contributed by atoms with Crippen LogP contribution in [0.4, 0.5) is 5.69 Å². The third kappa shape index (κ3) is 3.41. The predicted molar refractivity (Wildman–Crippen MR) is 98.1 cm³/mol. The Morgan fingerprint density at radius 3 is 2.22 bits per heavy atom. The van der Waals surface area contributed by atoms with E-state index >= 15 is 0 Å². The standard InChI is InChI=1S/C21H27NO/c1-2-3-4-5-6-7-8-9-16-22-19-15-11-13-17-12-10-14-18(20(17)19)21(22)23/h10-15H,2-9,16H2,1H3/p+1. The molecule has 0 unspecified atom stereocenters. The molecular formula is C21H28NO+. The summed E-state index contributed by atoms with van der Waals surface area (Å²) in [6, 6.07) is 12.5. The lowest BCUT2D eigenvalue weighted by molar-refractivity contribution is -0.445. The zero-order valence-corrected chi connectivity index (χ0v) is 14.2. The van der Waals surface area contributed by atoms with E-state index in [1.165, 1.54) is 61.4 Å². The zero-order valence-electron chi connectivity index (χ0n) is 14.2. The molecule has 122 valence electrons. The lowest BCUT2D eigenvalue weighted by Gasteiger charge is -2.02. The molecule has 0 spiro atoms. The molecule has 0 radical (unpaired) electrons. The fourth-order valence-electron chi connectivity index (χ4n) is 3.62. The van der Waals surface area contributed by atoms with Crippen molar-refractivity contribution in [2.45, 2.75) is 58.3 Å². The molecule has 0 aliphatic carbocycles. The van der Waals surface area contributed by atoms with Gasteiger partial charge < -0.3 is 5.11 Å². The Kier molecular flexibility index (Phi) is 5.32. The van der Waals surface area contributed by atoms with Crippen molar-refractivity contribution in [3.63, 3.8) is 0 Å². The average Bonchev–Trinajstić information content (AvgIpc) is 2.85. The van der Waals surface area contributed by atoms with E-state index in [4.69, 9.17) is 0 Å². The topological polar surface area (TPSA) is 23.2 Å². The SMILES string of the molecule is CCCCCCCCCC[N+]1=C(O)c2cccc3cccc1c23. The molecule has 0 atom stereocenters. The van der Waals surface area contributed by atoms with Gasteiger partial charge in [0.05, 0.1) is 5.39 Å². The summed E-state index contributed by atoms with van der Waals surface area (Å²) >= 11 is 0. The molecule has 0 amide bonds. The summed E-state index contributed by atoms with van der Waals surface area (Å²) in [4.78, 5) is 0. The monoisotopic (exact) mass is 310 g/mol. The van der Waals surface area contributed by atoms with E-state index in [0.717, 1.165) is 18.5 Å². The first kappa shape index (κ1) is 16.0. The van der Waals surface area contributed by atoms with Gasteiger partial charge in [0.25, 0.3) is 0 Å². The van der Waals surface area contributed by atoms with Crippen LogP contribution >= 0.6 is 0 Å². The van der Waals surface area contributed by atoms with Crippen LogP contribution in [0.3, 0.4) is 0 Å². The first-order chi connectivity index (χ1) is 11.3. The Labute approximate surface area is 139 Å². The van der Waals surface area contributed by atoms with Gasteiger partial charge in [-0.25, -0.2) is 0 Å². The maximum Gasteiger partial charge on any atom is 0.374 e. The summed E-state index contributed by atoms with van der Waals surface area (Å²) in [6.45, 7) is 3.17. The second-order valence-corrected chi connectivity index (χ2v) is 6.63. The van der Waals surface area contributed by atoms with Gasteiger partial charge in [0.15, 0.2) is 6.54 Å². The third-order valence-corrected chi connectivity index (χ3v) is 4.91. The summed E-state index contributed by atoms with van der Waals surface area (Å²) in [5.74, 6) is 0.430. The van der Waals surface area contributed by atoms with Crippen molar-refractivity contribution >= 4 is 22.4 Å². The number of benzene rings is 2. The normalized spacial score (nSPS) is 13.3. The van der Waals surface area contributed by atoms with Crippen LogP contribution in [-0.4, -0.2) is 22.1 Å². The molecule has 1 aliphatic rings. The van der Waals surface area contributed by atoms with E-state index in [-0.39, 0.29) is 0 Å². The number of hydrogen-bond acceptors (Lipinski definition) is 0. The van der Waals surface area contributed by atoms with Crippen molar-refractivity contribution in [3.05, 3.63) is 42.0 Å². The van der Waals surface area contributed by atoms with Gasteiger partial charge in [-0.3, -0.25) is 0 Å². The molecule has 1 aliphatic heterocycles. The number of hydrogen-bond donors (Lipinski definition) is 1. The van der Waals surface area contributed by atoms with Gasteiger partial charge in [-0.05, 0) is 17.9 Å². The average molecular weight is 310 g/mol. The summed E-state index contributed by atoms with van der Waals surface area (Å²) in [7, 11) is 0. The van der Waals surface area contributed by atoms with Crippen molar-refractivity contribution in [2.75, 3.05) is 6.54 Å². The highest BCUT2D eigenvalue weighted by Gasteiger charge is 2.31. The number of unbranched alkanes of at least 4 members (excludes halogenated alkanes) is 7. The van der Waals surface area contributed by atoms with Crippen LogP contribution in [0.25, 0.3) is 10.8 Å². The first-order valence-corrected chi connectivity index (χ1v) is 9.18. The fourth-order valence-corrected chi connectivity index (χ4v) is 3.62. The molecule has 3 rings (SSSR count). The number of aliphatic hydroxyl groups is 1. The molecule has 1 heterocycles. The zero-order chi connectivity index (χ0) is 16.1. The van der Waals surface area contributed by atoms with Crippen LogP contribution in [0.2, 0.25) is 0 Å². The molecule has 2 aromatic carbocycles. The van der Waals surface area contributed by atoms with E-state index < -0.39 is 0 Å². The summed E-state index contributed by atoms with van der Waals surface area (Å²) in [6.07, 6.45) is 10.5. The Balaban J connectivity index is 1.56. The Morgan fingerprint density at radius 2 is 1.48 bits per heavy atom. The maximum absolute atomic E-state index is 10.6. The second-order valence-electron chi connectivity index (χ2n) is 6.63. The van der Waals surface area contributed by atoms with Crippen molar-refractivity contribution < 1.29 is 9.68 Å². The van der Waals surface area contributed by atoms with Crippen molar-refractivity contribution in [1.29, 1.82) is 0 Å². The van der Waals surface area contributed by atoms with Crippen molar-refractivity contribution in [3.8, 4) is 0 Å². The minimum Gasteiger partial charge on any atom is -0.459 e. The molecule has 2 heteroatoms. The van der Waals surface area contributed by atoms with Crippen LogP contribution in [0.5, 0.6) is 0 Å². The van der Waals surface area contributed by atoms with Gasteiger partial charge in [-0.2, -0.15) is 4.58 Å². The fraction of sp³-hybridized carbons (Fsp3) is 0.476. The summed E-state index contributed by atoms with van der Waals surface area (Å²) < 4.78 is 2.09. The molecule has 2 aromatic rings. The Bertz CT molecular complexity index is 697. The highest BCUT2D eigenvalue weighted by Crippen LogP contribution is 2.34. The molecule has 2 nitrogen and oxygen atoms in total. The molecule has 0 aromatic heterocycles. The highest BCUT2D eigenvalue weighted by atomic mass is 16.3. The smallest absolute Gasteiger partial charge is 0.374 e. The molecule has 1 N–H and O–H groups in total. The lowest BCUT2D eigenvalue weighted by atomic mass is 10.1. The van der Waals surface area contributed by atoms with Gasteiger partial charge in [-0.15, -0.1) is 0 Å². The van der Waals surface area contributed by atoms with Gasteiger partial charge in [0, 0.05) is 12.5 Å². The minimum atomic E-state index is 0.430. The lowest BCUT2D eigenvalue weighted by Crippen LogP contribution is -2.14. The largest absolute Gasteiger partial charge is 0.459 e. The van der Waals surface area contributed by atoms with Gasteiger partial charge in [0.1, 0.15) is 5.56 Å². The van der Waals surface area contributed by atoms with Crippen LogP contribution in [0.15, 0.2) is 36.4 Å². The number of aliphatic hydroxyl groups excluding tert-OH is 1. The molecular weight excluding hydrogens is 282 g/mol. The number of nitrogens with zero attached hydrogens (tertiary/aromatic N) is 1. The molecule has 23 heavy (non-hydrogen) atoms. The van der Waals surface area contributed by atoms with Crippen LogP contribution in [0, 0.1) is 0 Å². The number of rotatable bonds is 9. The Hall–Kier alpha value is -1.83. The summed E-state index contributed by atoms with van der Waals surface area (Å²) in [5.41, 5.74) is 2.15. The van der Waals surface area contributed by atoms with Crippen LogP contribution < -0.4 is 0 Å². The van der Waals surface area contributed by atoms with E-state index in [0.29, 0.717) is 5.90 Å². The maximum atomic E-state index is 10.6. The quantitative estimate of drug-likeness (QED) is 0.449. The molecule has 0 fully saturated rings. The van der Waals surface area contributed by atoms with Crippen molar-refractivity contribution in [1.82, 2.24) is 0 Å². The molecule has 0 saturated heterocycles. The molecule has 0 bridgehead atoms. The van der Waals surface area contributed by atoms with Gasteiger partial charge in [-0.1, -0.05) is 69.7 Å². The predicted octanol–water partition coefficient (Wildman–Crippen LogP) is 5.94. The Morgan fingerprint density at radius 1 is 0.826 bits per heavy atom.